The van der Waals surface area contributed by atoms with Crippen LogP contribution in [0, 0.1) is 0 Å². The van der Waals surface area contributed by atoms with Crippen molar-refractivity contribution in [2.24, 2.45) is 0 Å². The minimum atomic E-state index is -8.08. The van der Waals surface area contributed by atoms with Gasteiger partial charge in [-0.3, -0.25) is 9.59 Å². The molecule has 0 bridgehead atoms. The van der Waals surface area contributed by atoms with Crippen LogP contribution in [-0.2, 0) is 9.59 Å². The molecule has 0 radical (unpaired) electrons. The van der Waals surface area contributed by atoms with Crippen molar-refractivity contribution < 1.29 is 167 Å². The molecule has 0 rings (SSSR count). The third-order valence-electron chi connectivity index (χ3n) is 8.31. The number of halogens is 28. The second-order valence-corrected chi connectivity index (χ2v) is 17.2. The molecule has 0 aromatic heterocycles. The molecule has 0 aromatic carbocycles. The molecule has 0 spiro atoms. The van der Waals surface area contributed by atoms with Crippen LogP contribution in [0.1, 0.15) is 12.8 Å². The summed E-state index contributed by atoms with van der Waals surface area (Å²) in [5.41, 5.74) is 0. The summed E-state index contributed by atoms with van der Waals surface area (Å²) in [5, 5.41) is 3.08. The van der Waals surface area contributed by atoms with Crippen LogP contribution < -0.4 is 44.6 Å². The number of amides is 2. The predicted octanol–water partition coefficient (Wildman–Crippen LogP) is 3.02. The maximum absolute atomic E-state index is 13.9. The van der Waals surface area contributed by atoms with Crippen molar-refractivity contribution in [3.05, 3.63) is 0 Å². The van der Waals surface area contributed by atoms with Gasteiger partial charge in [-0.2, -0.15) is 114 Å². The molecule has 0 aliphatic carbocycles. The maximum atomic E-state index is 13.9. The summed E-state index contributed by atoms with van der Waals surface area (Å²) in [6, 6.07) is 0. The highest BCUT2D eigenvalue weighted by atomic mass is 79.9. The lowest BCUT2D eigenvalue weighted by atomic mass is 9.92. The Morgan fingerprint density at radius 1 is 0.391 bits per heavy atom. The molecule has 6 nitrogen and oxygen atoms in total. The SMILES string of the molecule is C[N+](C)(CCSSCC[N+](C)(C)CC(=O)NCCC(F)(F)C(F)(F)C(F)(F)C(F)(F)C(F)(F)C(F)(F)F)CC(=O)NCCC(F)(F)C(F)(F)C(F)(F)C(F)(F)C(F)(F)C(F)(F)F.[Br-].[Br-]. The number of nitrogens with one attached hydrogen (secondary N) is 2. The van der Waals surface area contributed by atoms with Crippen molar-refractivity contribution in [1.29, 1.82) is 0 Å². The molecule has 0 aromatic rings. The molecule has 0 saturated heterocycles. The largest absolute Gasteiger partial charge is 1.00 e. The van der Waals surface area contributed by atoms with Gasteiger partial charge in [-0.15, -0.1) is 0 Å². The van der Waals surface area contributed by atoms with E-state index in [0.29, 0.717) is 0 Å². The van der Waals surface area contributed by atoms with Gasteiger partial charge < -0.3 is 53.6 Å². The number of carbonyl (C=O) groups excluding carboxylic acids is 2. The van der Waals surface area contributed by atoms with Gasteiger partial charge in [0.1, 0.15) is 0 Å². The van der Waals surface area contributed by atoms with Gasteiger partial charge in [-0.1, -0.05) is 21.6 Å². The number of hydrogen-bond donors (Lipinski definition) is 2. The molecule has 0 unspecified atom stereocenters. The molecule has 36 heteroatoms. The van der Waals surface area contributed by atoms with E-state index in [1.54, 1.807) is 0 Å². The van der Waals surface area contributed by atoms with Crippen LogP contribution in [0.3, 0.4) is 0 Å². The van der Waals surface area contributed by atoms with E-state index in [4.69, 9.17) is 0 Å². The lowest BCUT2D eigenvalue weighted by molar-refractivity contribution is -0.879. The second-order valence-electron chi connectivity index (χ2n) is 14.5. The standard InChI is InChI=1S/C28H32F26N4O2S2.2BrH/c1-57(2,13-15(59)55-7-5-17(29,30)19(33,34)21(37,38)23(41,42)25(45,46)27(49,50)51)9-11-61-62-12-10-58(3,4)14-16(60)56-8-6-18(31,32)20(35,36)22(39,40)24(43,44)26(47,48)28(52,53)54;;/h5-14H2,1-4H3;2*1H. The highest BCUT2D eigenvalue weighted by Gasteiger charge is 2.92. The Morgan fingerprint density at radius 3 is 0.828 bits per heavy atom. The topological polar surface area (TPSA) is 58.2 Å². The third-order valence-corrected chi connectivity index (χ3v) is 10.7. The zero-order valence-corrected chi connectivity index (χ0v) is 37.0. The molecule has 0 heterocycles. The third kappa shape index (κ3) is 14.1. The molecular formula is C28H34Br2F26N4O2S2. The van der Waals surface area contributed by atoms with Crippen molar-refractivity contribution in [2.75, 3.05) is 79.0 Å². The lowest BCUT2D eigenvalue weighted by Gasteiger charge is -2.39. The van der Waals surface area contributed by atoms with Gasteiger partial charge in [0, 0.05) is 25.9 Å². The summed E-state index contributed by atoms with van der Waals surface area (Å²) in [7, 11) is 7.41. The zero-order chi connectivity index (χ0) is 50.1. The Kier molecular flexibility index (Phi) is 22.6. The van der Waals surface area contributed by atoms with Crippen LogP contribution in [0.5, 0.6) is 0 Å². The van der Waals surface area contributed by atoms with Gasteiger partial charge in [0.2, 0.25) is 0 Å². The van der Waals surface area contributed by atoms with Gasteiger partial charge in [0.05, 0.1) is 52.8 Å². The van der Waals surface area contributed by atoms with E-state index in [0.717, 1.165) is 21.6 Å². The Morgan fingerprint density at radius 2 is 0.609 bits per heavy atom. The summed E-state index contributed by atoms with van der Waals surface area (Å²) in [4.78, 5) is 24.3. The van der Waals surface area contributed by atoms with E-state index in [1.807, 2.05) is 0 Å². The summed E-state index contributed by atoms with van der Waals surface area (Å²) >= 11 is 0. The molecule has 2 amide bonds. The predicted molar refractivity (Wildman–Crippen MR) is 165 cm³/mol. The molecule has 64 heavy (non-hydrogen) atoms. The highest BCUT2D eigenvalue weighted by Crippen LogP contribution is 2.62. The zero-order valence-electron chi connectivity index (χ0n) is 32.2. The van der Waals surface area contributed by atoms with Gasteiger partial charge in [0.25, 0.3) is 11.8 Å². The number of carbonyl (C=O) groups is 2. The van der Waals surface area contributed by atoms with E-state index in [2.05, 4.69) is 0 Å². The Hall–Kier alpha value is -1.30. The van der Waals surface area contributed by atoms with Crippen LogP contribution in [0.15, 0.2) is 0 Å². The second kappa shape index (κ2) is 21.6. The van der Waals surface area contributed by atoms with E-state index in [9.17, 15) is 124 Å². The van der Waals surface area contributed by atoms with Crippen LogP contribution in [0.25, 0.3) is 0 Å². The molecular weight excluding hydrogens is 1140 g/mol. The van der Waals surface area contributed by atoms with Gasteiger partial charge >= 0.3 is 71.6 Å². The lowest BCUT2D eigenvalue weighted by Crippen LogP contribution is -3.00. The molecule has 0 atom stereocenters. The Labute approximate surface area is 373 Å². The first-order valence-corrected chi connectivity index (χ1v) is 18.7. The fourth-order valence-corrected chi connectivity index (χ4v) is 6.90. The molecule has 2 N–H and O–H groups in total. The Balaban J connectivity index is -0.0000186. The smallest absolute Gasteiger partial charge is 0.460 e. The minimum Gasteiger partial charge on any atom is -1.00 e. The van der Waals surface area contributed by atoms with E-state index >= 15 is 0 Å². The molecule has 0 aliphatic rings. The van der Waals surface area contributed by atoms with Crippen molar-refractivity contribution >= 4 is 33.4 Å². The van der Waals surface area contributed by atoms with Gasteiger partial charge in [-0.25, -0.2) is 0 Å². The normalized spacial score (nSPS) is 15.0. The number of rotatable bonds is 25. The van der Waals surface area contributed by atoms with Crippen LogP contribution >= 0.6 is 21.6 Å². The number of hydrogen-bond acceptors (Lipinski definition) is 4. The fraction of sp³-hybridized carbons (Fsp3) is 0.929. The van der Waals surface area contributed by atoms with Crippen molar-refractivity contribution in [2.45, 2.75) is 84.4 Å². The molecule has 0 saturated carbocycles. The van der Waals surface area contributed by atoms with Crippen molar-refractivity contribution in [3.63, 3.8) is 0 Å². The molecule has 386 valence electrons. The van der Waals surface area contributed by atoms with Crippen molar-refractivity contribution in [1.82, 2.24) is 10.6 Å². The first-order valence-electron chi connectivity index (χ1n) is 16.2. The number of quaternary nitrogens is 2. The summed E-state index contributed by atoms with van der Waals surface area (Å²) in [6.45, 7) is -4.71. The molecule has 0 fully saturated rings. The average Bonchev–Trinajstić information content (AvgIpc) is 3.03. The van der Waals surface area contributed by atoms with Crippen LogP contribution in [0.4, 0.5) is 114 Å². The fourth-order valence-electron chi connectivity index (χ4n) is 4.37. The average molecular weight is 1180 g/mol. The van der Waals surface area contributed by atoms with E-state index in [-0.39, 0.29) is 67.5 Å². The van der Waals surface area contributed by atoms with Crippen molar-refractivity contribution in [3.8, 4) is 0 Å². The first kappa shape index (κ1) is 67.0. The monoisotopic (exact) mass is 1170 g/mol. The quantitative estimate of drug-likeness (QED) is 0.0641. The summed E-state index contributed by atoms with van der Waals surface area (Å²) < 4.78 is 343. The first-order chi connectivity index (χ1) is 26.9. The Bertz CT molecular complexity index is 1420. The minimum absolute atomic E-state index is 0. The number of likely N-dealkylation sites (N-methyl/N-ethyl adjacent to an activating group) is 2. The molecule has 0 aliphatic heterocycles. The number of nitrogens with zero attached hydrogens (tertiary/aromatic N) is 2. The van der Waals surface area contributed by atoms with E-state index in [1.165, 1.54) is 38.8 Å². The maximum Gasteiger partial charge on any atom is 0.460 e. The summed E-state index contributed by atoms with van der Waals surface area (Å²) in [5.74, 6) is -78.0. The highest BCUT2D eigenvalue weighted by molar-refractivity contribution is 8.76. The van der Waals surface area contributed by atoms with E-state index < -0.39 is 122 Å². The van der Waals surface area contributed by atoms with Crippen LogP contribution in [0.2, 0.25) is 0 Å². The number of alkyl halides is 26. The summed E-state index contributed by atoms with van der Waals surface area (Å²) in [6.07, 6.45) is -20.4. The van der Waals surface area contributed by atoms with Gasteiger partial charge in [0.15, 0.2) is 13.1 Å². The van der Waals surface area contributed by atoms with Gasteiger partial charge in [-0.05, 0) is 0 Å². The van der Waals surface area contributed by atoms with Crippen LogP contribution in [-0.4, -0.2) is 171 Å².